The Hall–Kier alpha value is -0.740. The number of hydrogen-bond acceptors (Lipinski definition) is 3. The lowest BCUT2D eigenvalue weighted by atomic mass is 10.2. The van der Waals surface area contributed by atoms with Crippen LogP contribution in [0.4, 0.5) is 11.4 Å². The summed E-state index contributed by atoms with van der Waals surface area (Å²) < 4.78 is 0. The molecule has 0 aliphatic carbocycles. The molecule has 2 rings (SSSR count). The fourth-order valence-electron chi connectivity index (χ4n) is 1.77. The fourth-order valence-corrected chi connectivity index (χ4v) is 1.77. The number of fused-ring (bicyclic) bond motifs is 1. The zero-order valence-electron chi connectivity index (χ0n) is 8.18. The smallest absolute Gasteiger partial charge is 0.0902 e. The van der Waals surface area contributed by atoms with Gasteiger partial charge in [-0.2, -0.15) is 0 Å². The van der Waals surface area contributed by atoms with Crippen molar-refractivity contribution in [2.45, 2.75) is 0 Å². The summed E-state index contributed by atoms with van der Waals surface area (Å²) in [6.07, 6.45) is 0. The molecule has 4 heteroatoms. The zero-order chi connectivity index (χ0) is 9.26. The maximum absolute atomic E-state index is 8.88. The largest absolute Gasteiger partial charge is 0.395 e. The Morgan fingerprint density at radius 2 is 1.93 bits per heavy atom. The van der Waals surface area contributed by atoms with Gasteiger partial charge in [0.1, 0.15) is 0 Å². The van der Waals surface area contributed by atoms with E-state index in [9.17, 15) is 0 Å². The molecule has 0 amide bonds. The predicted molar refractivity (Wildman–Crippen MR) is 64.5 cm³/mol. The van der Waals surface area contributed by atoms with Crippen LogP contribution in [0.5, 0.6) is 0 Å². The molecule has 0 saturated carbocycles. The Bertz CT molecular complexity index is 306. The van der Waals surface area contributed by atoms with E-state index >= 15 is 0 Å². The van der Waals surface area contributed by atoms with Gasteiger partial charge in [0.15, 0.2) is 0 Å². The number of aliphatic hydroxyl groups is 1. The van der Waals surface area contributed by atoms with E-state index in [1.807, 2.05) is 12.1 Å². The molecule has 0 atom stereocenters. The molecule has 0 saturated heterocycles. The highest BCUT2D eigenvalue weighted by Gasteiger charge is 2.21. The number of para-hydroxylation sites is 2. The zero-order valence-corrected chi connectivity index (χ0v) is 9.89. The second kappa shape index (κ2) is 4.66. The van der Waals surface area contributed by atoms with Crippen molar-refractivity contribution in [2.24, 2.45) is 0 Å². The first-order chi connectivity index (χ1) is 6.33. The average Bonchev–Trinajstić information content (AvgIpc) is 2.46. The molecule has 0 aromatic heterocycles. The Morgan fingerprint density at radius 3 is 2.57 bits per heavy atom. The summed E-state index contributed by atoms with van der Waals surface area (Å²) in [6.45, 7) is 1.80. The lowest BCUT2D eigenvalue weighted by Crippen LogP contribution is -2.30. The van der Waals surface area contributed by atoms with Crippen molar-refractivity contribution in [3.05, 3.63) is 24.3 Å². The molecule has 0 fully saturated rings. The summed E-state index contributed by atoms with van der Waals surface area (Å²) in [7, 11) is 2.07. The summed E-state index contributed by atoms with van der Waals surface area (Å²) in [6, 6.07) is 8.27. The molecule has 78 valence electrons. The van der Waals surface area contributed by atoms with Gasteiger partial charge in [0.2, 0.25) is 0 Å². The molecule has 0 unspecified atom stereocenters. The van der Waals surface area contributed by atoms with Crippen LogP contribution in [0.2, 0.25) is 0 Å². The first kappa shape index (κ1) is 11.3. The van der Waals surface area contributed by atoms with E-state index in [-0.39, 0.29) is 23.6 Å². The summed E-state index contributed by atoms with van der Waals surface area (Å²) in [5.74, 6) is 0. The number of aliphatic hydroxyl groups excluding tert-OH is 1. The molecule has 0 spiro atoms. The highest BCUT2D eigenvalue weighted by atomic mass is 79.9. The Kier molecular flexibility index (Phi) is 3.77. The molecule has 1 aliphatic rings. The van der Waals surface area contributed by atoms with Crippen molar-refractivity contribution >= 4 is 28.4 Å². The van der Waals surface area contributed by atoms with Crippen molar-refractivity contribution in [3.8, 4) is 0 Å². The quantitative estimate of drug-likeness (QED) is 0.871. The highest BCUT2D eigenvalue weighted by Crippen LogP contribution is 2.33. The van der Waals surface area contributed by atoms with Gasteiger partial charge in [0.25, 0.3) is 0 Å². The maximum atomic E-state index is 8.88. The van der Waals surface area contributed by atoms with Crippen molar-refractivity contribution in [3.63, 3.8) is 0 Å². The van der Waals surface area contributed by atoms with Crippen LogP contribution >= 0.6 is 17.0 Å². The van der Waals surface area contributed by atoms with Gasteiger partial charge in [0.05, 0.1) is 24.7 Å². The van der Waals surface area contributed by atoms with Crippen LogP contribution in [0.3, 0.4) is 0 Å². The monoisotopic (exact) mass is 258 g/mol. The summed E-state index contributed by atoms with van der Waals surface area (Å²) in [4.78, 5) is 4.36. The molecular formula is C10H15BrN2O. The number of anilines is 2. The molecule has 1 aliphatic heterocycles. The summed E-state index contributed by atoms with van der Waals surface area (Å²) in [5.41, 5.74) is 2.47. The molecule has 3 nitrogen and oxygen atoms in total. The number of rotatable bonds is 2. The number of halogens is 1. The van der Waals surface area contributed by atoms with Gasteiger partial charge < -0.3 is 14.9 Å². The molecule has 1 heterocycles. The van der Waals surface area contributed by atoms with Gasteiger partial charge in [0, 0.05) is 13.6 Å². The van der Waals surface area contributed by atoms with E-state index in [1.165, 1.54) is 11.4 Å². The number of benzene rings is 1. The normalized spacial score (nSPS) is 13.9. The molecule has 1 N–H and O–H groups in total. The van der Waals surface area contributed by atoms with Gasteiger partial charge >= 0.3 is 0 Å². The molecule has 0 radical (unpaired) electrons. The Balaban J connectivity index is 0.000000980. The van der Waals surface area contributed by atoms with Crippen LogP contribution in [0.1, 0.15) is 0 Å². The minimum Gasteiger partial charge on any atom is -0.395 e. The SMILES string of the molecule is Br.CN1CN(CCO)c2ccccc21. The third-order valence-electron chi connectivity index (χ3n) is 2.39. The highest BCUT2D eigenvalue weighted by molar-refractivity contribution is 8.93. The standard InChI is InChI=1S/C10H14N2O.BrH/c1-11-8-12(6-7-13)10-5-3-2-4-9(10)11;/h2-5,13H,6-8H2,1H3;1H. The molecule has 1 aromatic rings. The summed E-state index contributed by atoms with van der Waals surface area (Å²) >= 11 is 0. The second-order valence-corrected chi connectivity index (χ2v) is 3.32. The minimum absolute atomic E-state index is 0. The number of β-amino-alcohol motifs (C(OH)–C–C–N with tert-alkyl or cyclic N) is 1. The molecule has 0 bridgehead atoms. The second-order valence-electron chi connectivity index (χ2n) is 3.32. The van der Waals surface area contributed by atoms with Crippen molar-refractivity contribution in [1.82, 2.24) is 0 Å². The molecule has 14 heavy (non-hydrogen) atoms. The Labute approximate surface area is 94.7 Å². The molecule has 1 aromatic carbocycles. The summed E-state index contributed by atoms with van der Waals surface area (Å²) in [5, 5.41) is 8.88. The molecular weight excluding hydrogens is 244 g/mol. The van der Waals surface area contributed by atoms with Crippen LogP contribution < -0.4 is 9.80 Å². The van der Waals surface area contributed by atoms with Gasteiger partial charge in [-0.25, -0.2) is 0 Å². The van der Waals surface area contributed by atoms with Crippen molar-refractivity contribution < 1.29 is 5.11 Å². The Morgan fingerprint density at radius 1 is 1.29 bits per heavy atom. The van der Waals surface area contributed by atoms with Crippen LogP contribution in [0.15, 0.2) is 24.3 Å². The topological polar surface area (TPSA) is 26.7 Å². The first-order valence-electron chi connectivity index (χ1n) is 4.49. The van der Waals surface area contributed by atoms with E-state index in [2.05, 4.69) is 29.0 Å². The van der Waals surface area contributed by atoms with Crippen LogP contribution in [0, 0.1) is 0 Å². The van der Waals surface area contributed by atoms with Gasteiger partial charge in [-0.05, 0) is 12.1 Å². The van der Waals surface area contributed by atoms with E-state index in [0.29, 0.717) is 6.54 Å². The van der Waals surface area contributed by atoms with Crippen LogP contribution in [-0.2, 0) is 0 Å². The minimum atomic E-state index is 0. The van der Waals surface area contributed by atoms with E-state index in [0.717, 1.165) is 6.67 Å². The van der Waals surface area contributed by atoms with Crippen molar-refractivity contribution in [2.75, 3.05) is 36.7 Å². The van der Waals surface area contributed by atoms with E-state index in [1.54, 1.807) is 0 Å². The third-order valence-corrected chi connectivity index (χ3v) is 2.39. The van der Waals surface area contributed by atoms with Crippen LogP contribution in [0.25, 0.3) is 0 Å². The number of nitrogens with zero attached hydrogens (tertiary/aromatic N) is 2. The lowest BCUT2D eigenvalue weighted by molar-refractivity contribution is 0.302. The first-order valence-corrected chi connectivity index (χ1v) is 4.49. The van der Waals surface area contributed by atoms with Gasteiger partial charge in [-0.15, -0.1) is 17.0 Å². The maximum Gasteiger partial charge on any atom is 0.0902 e. The van der Waals surface area contributed by atoms with Gasteiger partial charge in [-0.3, -0.25) is 0 Å². The fraction of sp³-hybridized carbons (Fsp3) is 0.400. The van der Waals surface area contributed by atoms with Gasteiger partial charge in [-0.1, -0.05) is 12.1 Å². The van der Waals surface area contributed by atoms with Crippen LogP contribution in [-0.4, -0.2) is 32.0 Å². The number of hydrogen-bond donors (Lipinski definition) is 1. The van der Waals surface area contributed by atoms with E-state index < -0.39 is 0 Å². The lowest BCUT2D eigenvalue weighted by Gasteiger charge is -2.17. The van der Waals surface area contributed by atoms with Crippen molar-refractivity contribution in [1.29, 1.82) is 0 Å². The third kappa shape index (κ3) is 1.86. The predicted octanol–water partition coefficient (Wildman–Crippen LogP) is 1.47. The average molecular weight is 259 g/mol. The van der Waals surface area contributed by atoms with E-state index in [4.69, 9.17) is 5.11 Å².